The minimum absolute atomic E-state index is 0.826. The number of fused-ring (bicyclic) bond motifs is 4. The molecule has 0 aliphatic carbocycles. The molecule has 11 aromatic carbocycles. The van der Waals surface area contributed by atoms with Crippen molar-refractivity contribution in [2.24, 2.45) is 0 Å². The lowest BCUT2D eigenvalue weighted by Gasteiger charge is -2.32. The third-order valence-electron chi connectivity index (χ3n) is 12.4. The maximum absolute atomic E-state index is 7.06. The zero-order chi connectivity index (χ0) is 41.7. The van der Waals surface area contributed by atoms with E-state index in [4.69, 9.17) is 4.74 Å². The van der Waals surface area contributed by atoms with Crippen molar-refractivity contribution >= 4 is 66.4 Å². The fourth-order valence-corrected chi connectivity index (χ4v) is 9.53. The Labute approximate surface area is 367 Å². The maximum Gasteiger partial charge on any atom is 0.138 e. The monoisotopic (exact) mass is 804 g/mol. The molecule has 11 aromatic rings. The molecule has 0 spiro atoms. The number of benzene rings is 11. The average molecular weight is 805 g/mol. The van der Waals surface area contributed by atoms with E-state index in [0.717, 1.165) is 67.5 Å². The standard InChI is InChI=1S/C60H40N2O/c1-3-20-46(21-4-1)62(47-22-5-2-6-23-47)56-29-14-30-57-60(56)55-28-13-19-45-39-50(40-58(63-57)59(45)55)61(48-35-31-43(32-36-48)53-26-11-17-41-15-7-9-24-51(41)53)49-37-33-44(34-38-49)54-27-12-18-42-16-8-10-25-52(42)54/h1-40H. The van der Waals surface area contributed by atoms with Crippen LogP contribution >= 0.6 is 0 Å². The van der Waals surface area contributed by atoms with E-state index in [-0.39, 0.29) is 0 Å². The van der Waals surface area contributed by atoms with Gasteiger partial charge < -0.3 is 14.5 Å². The molecule has 0 amide bonds. The van der Waals surface area contributed by atoms with Gasteiger partial charge in [-0.15, -0.1) is 0 Å². The van der Waals surface area contributed by atoms with Crippen molar-refractivity contribution in [1.82, 2.24) is 0 Å². The lowest BCUT2D eigenvalue weighted by molar-refractivity contribution is 0.487. The topological polar surface area (TPSA) is 15.7 Å². The molecule has 296 valence electrons. The summed E-state index contributed by atoms with van der Waals surface area (Å²) in [5.74, 6) is 1.66. The number of hydrogen-bond donors (Lipinski definition) is 0. The summed E-state index contributed by atoms with van der Waals surface area (Å²) < 4.78 is 7.06. The highest BCUT2D eigenvalue weighted by molar-refractivity contribution is 6.10. The van der Waals surface area contributed by atoms with E-state index in [1.54, 1.807) is 0 Å². The van der Waals surface area contributed by atoms with Crippen LogP contribution < -0.4 is 14.5 Å². The molecule has 0 atom stereocenters. The Hall–Kier alpha value is -8.40. The molecule has 1 aliphatic rings. The predicted molar refractivity (Wildman–Crippen MR) is 265 cm³/mol. The first-order valence-corrected chi connectivity index (χ1v) is 21.5. The smallest absolute Gasteiger partial charge is 0.138 e. The summed E-state index contributed by atoms with van der Waals surface area (Å²) in [5, 5.41) is 7.16. The first-order valence-electron chi connectivity index (χ1n) is 21.5. The highest BCUT2D eigenvalue weighted by Gasteiger charge is 2.28. The molecule has 3 nitrogen and oxygen atoms in total. The summed E-state index contributed by atoms with van der Waals surface area (Å²) >= 11 is 0. The van der Waals surface area contributed by atoms with Gasteiger partial charge in [0.2, 0.25) is 0 Å². The third kappa shape index (κ3) is 6.38. The second kappa shape index (κ2) is 15.3. The fraction of sp³-hybridized carbons (Fsp3) is 0. The van der Waals surface area contributed by atoms with Crippen LogP contribution in [0.1, 0.15) is 0 Å². The Balaban J connectivity index is 1.01. The van der Waals surface area contributed by atoms with Gasteiger partial charge in [-0.25, -0.2) is 0 Å². The van der Waals surface area contributed by atoms with Gasteiger partial charge in [-0.1, -0.05) is 170 Å². The molecule has 12 rings (SSSR count). The molecule has 3 heteroatoms. The molecule has 0 radical (unpaired) electrons. The molecule has 0 N–H and O–H groups in total. The summed E-state index contributed by atoms with van der Waals surface area (Å²) in [7, 11) is 0. The van der Waals surface area contributed by atoms with Crippen LogP contribution in [-0.4, -0.2) is 0 Å². The van der Waals surface area contributed by atoms with Crippen molar-refractivity contribution in [1.29, 1.82) is 0 Å². The zero-order valence-electron chi connectivity index (χ0n) is 34.4. The van der Waals surface area contributed by atoms with Crippen molar-refractivity contribution in [3.8, 4) is 44.9 Å². The van der Waals surface area contributed by atoms with E-state index in [1.807, 2.05) is 0 Å². The molecule has 0 saturated heterocycles. The number of hydrogen-bond acceptors (Lipinski definition) is 3. The number of ether oxygens (including phenoxy) is 1. The van der Waals surface area contributed by atoms with Crippen LogP contribution in [0.5, 0.6) is 11.5 Å². The normalized spacial score (nSPS) is 11.6. The van der Waals surface area contributed by atoms with Crippen molar-refractivity contribution in [2.75, 3.05) is 9.80 Å². The Morgan fingerprint density at radius 3 is 1.32 bits per heavy atom. The van der Waals surface area contributed by atoms with Crippen LogP contribution in [0.15, 0.2) is 243 Å². The van der Waals surface area contributed by atoms with Gasteiger partial charge in [0.15, 0.2) is 0 Å². The predicted octanol–water partition coefficient (Wildman–Crippen LogP) is 17.2. The van der Waals surface area contributed by atoms with E-state index in [9.17, 15) is 0 Å². The number of rotatable bonds is 8. The Morgan fingerprint density at radius 1 is 0.286 bits per heavy atom. The van der Waals surface area contributed by atoms with Crippen LogP contribution in [0.4, 0.5) is 34.1 Å². The minimum Gasteiger partial charge on any atom is -0.456 e. The van der Waals surface area contributed by atoms with Crippen molar-refractivity contribution in [2.45, 2.75) is 0 Å². The van der Waals surface area contributed by atoms with Gasteiger partial charge in [-0.05, 0) is 121 Å². The molecule has 0 aromatic heterocycles. The first kappa shape index (κ1) is 36.5. The van der Waals surface area contributed by atoms with Crippen LogP contribution in [-0.2, 0) is 0 Å². The van der Waals surface area contributed by atoms with Crippen molar-refractivity contribution in [3.05, 3.63) is 243 Å². The Morgan fingerprint density at radius 2 is 0.746 bits per heavy atom. The molecular formula is C60H40N2O. The zero-order valence-corrected chi connectivity index (χ0v) is 34.4. The molecule has 0 fully saturated rings. The quantitative estimate of drug-likeness (QED) is 0.152. The van der Waals surface area contributed by atoms with E-state index >= 15 is 0 Å². The third-order valence-corrected chi connectivity index (χ3v) is 12.4. The number of nitrogens with zero attached hydrogens (tertiary/aromatic N) is 2. The van der Waals surface area contributed by atoms with Gasteiger partial charge in [0.05, 0.1) is 11.4 Å². The SMILES string of the molecule is c1ccc(N(c2ccccc2)c2cccc3c2-c2cccc4cc(N(c5ccc(-c6cccc7ccccc67)cc5)c5ccc(-c6cccc7ccccc67)cc5)cc(c24)O3)cc1. The largest absolute Gasteiger partial charge is 0.456 e. The molecule has 0 saturated carbocycles. The molecular weight excluding hydrogens is 765 g/mol. The van der Waals surface area contributed by atoms with Crippen LogP contribution in [0.3, 0.4) is 0 Å². The summed E-state index contributed by atoms with van der Waals surface area (Å²) in [4.78, 5) is 4.68. The molecule has 1 aliphatic heterocycles. The van der Waals surface area contributed by atoms with E-state index < -0.39 is 0 Å². The summed E-state index contributed by atoms with van der Waals surface area (Å²) in [6.07, 6.45) is 0. The van der Waals surface area contributed by atoms with Crippen LogP contribution in [0, 0.1) is 0 Å². The minimum atomic E-state index is 0.826. The van der Waals surface area contributed by atoms with E-state index in [2.05, 4.69) is 252 Å². The lowest BCUT2D eigenvalue weighted by atomic mass is 9.92. The molecule has 1 heterocycles. The van der Waals surface area contributed by atoms with Gasteiger partial charge >= 0.3 is 0 Å². The van der Waals surface area contributed by atoms with E-state index in [0.29, 0.717) is 0 Å². The number of para-hydroxylation sites is 2. The highest BCUT2D eigenvalue weighted by Crippen LogP contribution is 2.54. The summed E-state index contributed by atoms with van der Waals surface area (Å²) in [6, 6.07) is 86.9. The Bertz CT molecular complexity index is 3300. The first-order chi connectivity index (χ1) is 31.2. The van der Waals surface area contributed by atoms with Gasteiger partial charge in [-0.3, -0.25) is 0 Å². The number of anilines is 6. The van der Waals surface area contributed by atoms with Crippen molar-refractivity contribution < 1.29 is 4.74 Å². The van der Waals surface area contributed by atoms with Crippen LogP contribution in [0.25, 0.3) is 65.7 Å². The highest BCUT2D eigenvalue weighted by atomic mass is 16.5. The summed E-state index contributed by atoms with van der Waals surface area (Å²) in [6.45, 7) is 0. The van der Waals surface area contributed by atoms with Gasteiger partial charge in [0.25, 0.3) is 0 Å². The van der Waals surface area contributed by atoms with Crippen LogP contribution in [0.2, 0.25) is 0 Å². The molecule has 0 bridgehead atoms. The van der Waals surface area contributed by atoms with Gasteiger partial charge in [-0.2, -0.15) is 0 Å². The fourth-order valence-electron chi connectivity index (χ4n) is 9.53. The maximum atomic E-state index is 7.06. The van der Waals surface area contributed by atoms with Gasteiger partial charge in [0.1, 0.15) is 11.5 Å². The molecule has 63 heavy (non-hydrogen) atoms. The Kier molecular flexibility index (Phi) is 8.83. The summed E-state index contributed by atoms with van der Waals surface area (Å²) in [5.41, 5.74) is 13.4. The second-order valence-corrected chi connectivity index (χ2v) is 16.1. The average Bonchev–Trinajstić information content (AvgIpc) is 3.35. The second-order valence-electron chi connectivity index (χ2n) is 16.1. The lowest BCUT2D eigenvalue weighted by Crippen LogP contribution is -2.13. The molecule has 0 unspecified atom stereocenters. The van der Waals surface area contributed by atoms with Gasteiger partial charge in [0, 0.05) is 39.8 Å². The van der Waals surface area contributed by atoms with E-state index in [1.165, 1.54) is 43.8 Å². The van der Waals surface area contributed by atoms with Crippen molar-refractivity contribution in [3.63, 3.8) is 0 Å².